The van der Waals surface area contributed by atoms with Gasteiger partial charge in [-0.25, -0.2) is 22.7 Å². The number of rotatable bonds is 5. The van der Waals surface area contributed by atoms with E-state index in [1.807, 2.05) is 0 Å². The molecule has 0 unspecified atom stereocenters. The standard InChI is InChI=1S/C16H13FN2O5S/c1-23-14-5-4-11(7-15(14)25(19,21)22)16(20)24-9-12-3-2-10(8-18)6-13(12)17/h2-7H,9H2,1H3,(H2,19,21,22). The van der Waals surface area contributed by atoms with Gasteiger partial charge >= 0.3 is 5.97 Å². The third kappa shape index (κ3) is 4.32. The summed E-state index contributed by atoms with van der Waals surface area (Å²) in [5, 5.41) is 13.8. The molecule has 2 N–H and O–H groups in total. The number of ether oxygens (including phenoxy) is 2. The molecule has 0 radical (unpaired) electrons. The number of primary sulfonamides is 1. The van der Waals surface area contributed by atoms with Crippen molar-refractivity contribution in [3.05, 3.63) is 58.9 Å². The van der Waals surface area contributed by atoms with Gasteiger partial charge in [-0.05, 0) is 30.3 Å². The third-order valence-corrected chi connectivity index (χ3v) is 4.18. The normalized spacial score (nSPS) is 10.8. The van der Waals surface area contributed by atoms with Crippen molar-refractivity contribution in [2.75, 3.05) is 7.11 Å². The number of nitrogens with two attached hydrogens (primary N) is 1. The van der Waals surface area contributed by atoms with Gasteiger partial charge in [0.15, 0.2) is 0 Å². The molecule has 9 heteroatoms. The van der Waals surface area contributed by atoms with E-state index in [2.05, 4.69) is 0 Å². The lowest BCUT2D eigenvalue weighted by Crippen LogP contribution is -2.15. The molecule has 0 aliphatic carbocycles. The van der Waals surface area contributed by atoms with Crippen LogP contribution in [-0.2, 0) is 21.4 Å². The van der Waals surface area contributed by atoms with Crippen LogP contribution >= 0.6 is 0 Å². The van der Waals surface area contributed by atoms with Crippen LogP contribution in [0.4, 0.5) is 4.39 Å². The predicted octanol–water partition coefficient (Wildman–Crippen LogP) is 1.71. The highest BCUT2D eigenvalue weighted by molar-refractivity contribution is 7.89. The molecule has 2 aromatic carbocycles. The number of halogens is 1. The van der Waals surface area contributed by atoms with Crippen molar-refractivity contribution < 1.29 is 27.1 Å². The Labute approximate surface area is 143 Å². The molecule has 25 heavy (non-hydrogen) atoms. The Balaban J connectivity index is 2.20. The fourth-order valence-electron chi connectivity index (χ4n) is 1.99. The van der Waals surface area contributed by atoms with Crippen LogP contribution in [0.5, 0.6) is 5.75 Å². The van der Waals surface area contributed by atoms with E-state index in [0.717, 1.165) is 12.1 Å². The highest BCUT2D eigenvalue weighted by Gasteiger charge is 2.19. The monoisotopic (exact) mass is 364 g/mol. The SMILES string of the molecule is COc1ccc(C(=O)OCc2ccc(C#N)cc2F)cc1S(N)(=O)=O. The summed E-state index contributed by atoms with van der Waals surface area (Å²) in [7, 11) is -2.85. The van der Waals surface area contributed by atoms with Crippen molar-refractivity contribution in [2.24, 2.45) is 5.14 Å². The highest BCUT2D eigenvalue weighted by atomic mass is 32.2. The number of sulfonamides is 1. The minimum atomic E-state index is -4.11. The second-order valence-corrected chi connectivity index (χ2v) is 6.43. The molecule has 2 rings (SSSR count). The Hall–Kier alpha value is -2.96. The van der Waals surface area contributed by atoms with E-state index in [9.17, 15) is 17.6 Å². The van der Waals surface area contributed by atoms with Gasteiger partial charge in [0.25, 0.3) is 0 Å². The van der Waals surface area contributed by atoms with E-state index in [1.54, 1.807) is 6.07 Å². The maximum atomic E-state index is 13.8. The minimum absolute atomic E-state index is 0.0165. The molecular weight excluding hydrogens is 351 g/mol. The summed E-state index contributed by atoms with van der Waals surface area (Å²) in [5.74, 6) is -1.57. The van der Waals surface area contributed by atoms with E-state index in [0.29, 0.717) is 0 Å². The van der Waals surface area contributed by atoms with Crippen molar-refractivity contribution >= 4 is 16.0 Å². The molecule has 0 aliphatic heterocycles. The van der Waals surface area contributed by atoms with Crippen LogP contribution in [0.2, 0.25) is 0 Å². The molecule has 0 bridgehead atoms. The zero-order chi connectivity index (χ0) is 18.6. The Bertz CT molecular complexity index is 967. The number of benzene rings is 2. The van der Waals surface area contributed by atoms with E-state index in [1.165, 1.54) is 31.4 Å². The highest BCUT2D eigenvalue weighted by Crippen LogP contribution is 2.24. The van der Waals surface area contributed by atoms with Crippen molar-refractivity contribution in [2.45, 2.75) is 11.5 Å². The van der Waals surface area contributed by atoms with Gasteiger partial charge in [-0.3, -0.25) is 0 Å². The van der Waals surface area contributed by atoms with Crippen molar-refractivity contribution in [1.29, 1.82) is 5.26 Å². The van der Waals surface area contributed by atoms with Gasteiger partial charge in [-0.1, -0.05) is 6.07 Å². The van der Waals surface area contributed by atoms with E-state index in [4.69, 9.17) is 19.9 Å². The molecule has 130 valence electrons. The van der Waals surface area contributed by atoms with Crippen LogP contribution in [0.15, 0.2) is 41.3 Å². The number of esters is 1. The summed E-state index contributed by atoms with van der Waals surface area (Å²) in [6.45, 7) is -0.382. The van der Waals surface area contributed by atoms with Gasteiger partial charge in [-0.2, -0.15) is 5.26 Å². The summed E-state index contributed by atoms with van der Waals surface area (Å²) in [5.41, 5.74) is 0.131. The van der Waals surface area contributed by atoms with Crippen molar-refractivity contribution in [3.63, 3.8) is 0 Å². The summed E-state index contributed by atoms with van der Waals surface area (Å²) < 4.78 is 46.7. The lowest BCUT2D eigenvalue weighted by atomic mass is 10.1. The zero-order valence-electron chi connectivity index (χ0n) is 13.0. The molecule has 0 fully saturated rings. The third-order valence-electron chi connectivity index (χ3n) is 3.25. The van der Waals surface area contributed by atoms with Crippen molar-refractivity contribution in [1.82, 2.24) is 0 Å². The first kappa shape index (κ1) is 18.4. The minimum Gasteiger partial charge on any atom is -0.495 e. The van der Waals surface area contributed by atoms with Gasteiger partial charge in [0.05, 0.1) is 24.3 Å². The average Bonchev–Trinajstić information content (AvgIpc) is 2.58. The van der Waals surface area contributed by atoms with Crippen LogP contribution < -0.4 is 9.88 Å². The Morgan fingerprint density at radius 1 is 1.28 bits per heavy atom. The smallest absolute Gasteiger partial charge is 0.338 e. The second kappa shape index (κ2) is 7.29. The fourth-order valence-corrected chi connectivity index (χ4v) is 2.71. The molecule has 0 amide bonds. The molecule has 0 heterocycles. The molecular formula is C16H13FN2O5S. The molecule has 0 spiro atoms. The molecule has 0 aromatic heterocycles. The quantitative estimate of drug-likeness (QED) is 0.807. The Kier molecular flexibility index (Phi) is 5.36. The van der Waals surface area contributed by atoms with Gasteiger partial charge in [0.1, 0.15) is 23.1 Å². The topological polar surface area (TPSA) is 119 Å². The summed E-state index contributed by atoms with van der Waals surface area (Å²) >= 11 is 0. The first-order valence-corrected chi connectivity index (χ1v) is 8.37. The number of carbonyl (C=O) groups excluding carboxylic acids is 1. The fraction of sp³-hybridized carbons (Fsp3) is 0.125. The van der Waals surface area contributed by atoms with Crippen LogP contribution in [0, 0.1) is 17.1 Å². The zero-order valence-corrected chi connectivity index (χ0v) is 13.8. The van der Waals surface area contributed by atoms with Gasteiger partial charge in [0.2, 0.25) is 10.0 Å². The Morgan fingerprint density at radius 2 is 2.00 bits per heavy atom. The number of methoxy groups -OCH3 is 1. The van der Waals surface area contributed by atoms with Crippen LogP contribution in [-0.4, -0.2) is 21.5 Å². The van der Waals surface area contributed by atoms with Crippen LogP contribution in [0.25, 0.3) is 0 Å². The maximum Gasteiger partial charge on any atom is 0.338 e. The molecule has 2 aromatic rings. The first-order valence-electron chi connectivity index (χ1n) is 6.82. The molecule has 0 atom stereocenters. The lowest BCUT2D eigenvalue weighted by Gasteiger charge is -2.10. The number of carbonyl (C=O) groups is 1. The van der Waals surface area contributed by atoms with E-state index in [-0.39, 0.29) is 33.9 Å². The number of hydrogen-bond acceptors (Lipinski definition) is 6. The lowest BCUT2D eigenvalue weighted by molar-refractivity contribution is 0.0468. The van der Waals surface area contributed by atoms with Gasteiger partial charge in [0, 0.05) is 5.56 Å². The second-order valence-electron chi connectivity index (χ2n) is 4.90. The van der Waals surface area contributed by atoms with E-state index < -0.39 is 21.8 Å². The molecule has 0 saturated heterocycles. The summed E-state index contributed by atoms with van der Waals surface area (Å²) in [4.78, 5) is 11.7. The maximum absolute atomic E-state index is 13.8. The molecule has 0 aliphatic rings. The largest absolute Gasteiger partial charge is 0.495 e. The average molecular weight is 364 g/mol. The van der Waals surface area contributed by atoms with E-state index >= 15 is 0 Å². The van der Waals surface area contributed by atoms with Crippen molar-refractivity contribution in [3.8, 4) is 11.8 Å². The Morgan fingerprint density at radius 3 is 2.56 bits per heavy atom. The van der Waals surface area contributed by atoms with Crippen LogP contribution in [0.1, 0.15) is 21.5 Å². The molecule has 0 saturated carbocycles. The summed E-state index contributed by atoms with van der Waals surface area (Å²) in [6.07, 6.45) is 0. The van der Waals surface area contributed by atoms with Gasteiger partial charge in [-0.15, -0.1) is 0 Å². The number of nitriles is 1. The number of hydrogen-bond donors (Lipinski definition) is 1. The first-order chi connectivity index (χ1) is 11.8. The van der Waals surface area contributed by atoms with Gasteiger partial charge < -0.3 is 9.47 Å². The summed E-state index contributed by atoms with van der Waals surface area (Å²) in [6, 6.07) is 9.10. The molecule has 7 nitrogen and oxygen atoms in total. The van der Waals surface area contributed by atoms with Crippen LogP contribution in [0.3, 0.4) is 0 Å². The number of nitrogens with zero attached hydrogens (tertiary/aromatic N) is 1. The predicted molar refractivity (Wildman–Crippen MR) is 84.6 cm³/mol.